The summed E-state index contributed by atoms with van der Waals surface area (Å²) in [6.45, 7) is 2.41. The zero-order valence-electron chi connectivity index (χ0n) is 17.8. The highest BCUT2D eigenvalue weighted by Crippen LogP contribution is 2.26. The van der Waals surface area contributed by atoms with Gasteiger partial charge in [-0.2, -0.15) is 0 Å². The SMILES string of the molecule is COc1cc(C(=O)N2CCCN2C(=O)CS(=O)(=O)c2ccc(C)cc2)nc2ccccc12. The van der Waals surface area contributed by atoms with E-state index in [9.17, 15) is 18.0 Å². The number of methoxy groups -OCH3 is 1. The number of carbonyl (C=O) groups excluding carboxylic acids is 2. The number of aromatic nitrogens is 1. The highest BCUT2D eigenvalue weighted by molar-refractivity contribution is 7.92. The Hall–Kier alpha value is -3.46. The van der Waals surface area contributed by atoms with E-state index >= 15 is 0 Å². The summed E-state index contributed by atoms with van der Waals surface area (Å²) in [5, 5.41) is 3.24. The van der Waals surface area contributed by atoms with E-state index in [0.717, 1.165) is 10.9 Å². The molecule has 0 unspecified atom stereocenters. The Morgan fingerprint density at radius 1 is 1.03 bits per heavy atom. The van der Waals surface area contributed by atoms with Gasteiger partial charge in [0.15, 0.2) is 9.84 Å². The van der Waals surface area contributed by atoms with Crippen LogP contribution in [0.25, 0.3) is 10.9 Å². The maximum absolute atomic E-state index is 13.2. The van der Waals surface area contributed by atoms with E-state index in [1.54, 1.807) is 18.2 Å². The number of hydrazine groups is 1. The number of aryl methyl sites for hydroxylation is 1. The van der Waals surface area contributed by atoms with Crippen molar-refractivity contribution < 1.29 is 22.7 Å². The molecule has 2 amide bonds. The third-order valence-corrected chi connectivity index (χ3v) is 6.98. The van der Waals surface area contributed by atoms with Crippen LogP contribution in [0.1, 0.15) is 22.5 Å². The molecular weight excluding hydrogens is 430 g/mol. The van der Waals surface area contributed by atoms with E-state index in [4.69, 9.17) is 4.74 Å². The number of rotatable bonds is 5. The minimum atomic E-state index is -3.83. The van der Waals surface area contributed by atoms with Crippen LogP contribution in [0.3, 0.4) is 0 Å². The smallest absolute Gasteiger partial charge is 0.291 e. The normalized spacial score (nSPS) is 14.1. The number of nitrogens with zero attached hydrogens (tertiary/aromatic N) is 3. The second-order valence-corrected chi connectivity index (χ2v) is 9.59. The number of sulfone groups is 1. The number of carbonyl (C=O) groups is 2. The number of pyridine rings is 1. The summed E-state index contributed by atoms with van der Waals surface area (Å²) in [4.78, 5) is 30.6. The molecule has 0 saturated carbocycles. The molecule has 0 radical (unpaired) electrons. The minimum Gasteiger partial charge on any atom is -0.496 e. The third-order valence-electron chi connectivity index (χ3n) is 5.36. The molecule has 2 heterocycles. The van der Waals surface area contributed by atoms with Crippen molar-refractivity contribution >= 4 is 32.6 Å². The van der Waals surface area contributed by atoms with Crippen molar-refractivity contribution in [2.45, 2.75) is 18.2 Å². The molecular formula is C23H23N3O5S. The van der Waals surface area contributed by atoms with Crippen molar-refractivity contribution in [1.82, 2.24) is 15.0 Å². The van der Waals surface area contributed by atoms with Crippen molar-refractivity contribution in [3.8, 4) is 5.75 Å². The Morgan fingerprint density at radius 3 is 2.44 bits per heavy atom. The molecule has 1 aliphatic heterocycles. The van der Waals surface area contributed by atoms with Crippen LogP contribution in [0.15, 0.2) is 59.5 Å². The average molecular weight is 454 g/mol. The van der Waals surface area contributed by atoms with Gasteiger partial charge in [-0.3, -0.25) is 14.6 Å². The lowest BCUT2D eigenvalue weighted by Gasteiger charge is -2.27. The summed E-state index contributed by atoms with van der Waals surface area (Å²) >= 11 is 0. The van der Waals surface area contributed by atoms with E-state index in [0.29, 0.717) is 24.2 Å². The molecule has 166 valence electrons. The largest absolute Gasteiger partial charge is 0.496 e. The summed E-state index contributed by atoms with van der Waals surface area (Å²) in [7, 11) is -2.32. The Kier molecular flexibility index (Phi) is 5.84. The molecule has 0 atom stereocenters. The molecule has 32 heavy (non-hydrogen) atoms. The van der Waals surface area contributed by atoms with E-state index in [2.05, 4.69) is 4.98 Å². The lowest BCUT2D eigenvalue weighted by atomic mass is 10.1. The first-order valence-corrected chi connectivity index (χ1v) is 11.8. The molecule has 0 aliphatic carbocycles. The average Bonchev–Trinajstić information content (AvgIpc) is 3.28. The van der Waals surface area contributed by atoms with Gasteiger partial charge >= 0.3 is 0 Å². The fourth-order valence-corrected chi connectivity index (χ4v) is 4.89. The predicted molar refractivity (Wildman–Crippen MR) is 119 cm³/mol. The second-order valence-electron chi connectivity index (χ2n) is 7.60. The highest BCUT2D eigenvalue weighted by atomic mass is 32.2. The first kappa shape index (κ1) is 21.8. The topological polar surface area (TPSA) is 96.9 Å². The molecule has 4 rings (SSSR count). The molecule has 3 aromatic rings. The first-order chi connectivity index (χ1) is 15.3. The van der Waals surface area contributed by atoms with Crippen LogP contribution < -0.4 is 4.74 Å². The van der Waals surface area contributed by atoms with Crippen molar-refractivity contribution in [1.29, 1.82) is 0 Å². The van der Waals surface area contributed by atoms with Crippen LogP contribution >= 0.6 is 0 Å². The number of amides is 2. The standard InChI is InChI=1S/C23H23N3O5S/c1-16-8-10-17(11-9-16)32(29,30)15-22(27)25-12-5-13-26(25)23(28)20-14-21(31-2)18-6-3-4-7-19(18)24-20/h3-4,6-11,14H,5,12-13,15H2,1-2H3. The molecule has 0 spiro atoms. The van der Waals surface area contributed by atoms with Crippen LogP contribution in [-0.2, 0) is 14.6 Å². The molecule has 1 aromatic heterocycles. The van der Waals surface area contributed by atoms with Crippen LogP contribution in [0.5, 0.6) is 5.75 Å². The van der Waals surface area contributed by atoms with Crippen molar-refractivity contribution in [3.63, 3.8) is 0 Å². The van der Waals surface area contributed by atoms with Gasteiger partial charge in [-0.25, -0.2) is 18.4 Å². The highest BCUT2D eigenvalue weighted by Gasteiger charge is 2.34. The number of hydrogen-bond donors (Lipinski definition) is 0. The second kappa shape index (κ2) is 8.58. The molecule has 8 nitrogen and oxygen atoms in total. The van der Waals surface area contributed by atoms with Gasteiger partial charge < -0.3 is 4.74 Å². The van der Waals surface area contributed by atoms with Crippen molar-refractivity contribution in [3.05, 3.63) is 65.9 Å². The first-order valence-electron chi connectivity index (χ1n) is 10.2. The van der Waals surface area contributed by atoms with E-state index in [1.807, 2.05) is 25.1 Å². The van der Waals surface area contributed by atoms with Gasteiger partial charge in [-0.05, 0) is 37.6 Å². The van der Waals surface area contributed by atoms with Gasteiger partial charge in [0, 0.05) is 24.5 Å². The van der Waals surface area contributed by atoms with E-state index < -0.39 is 27.4 Å². The Bertz CT molecular complexity index is 1290. The summed E-state index contributed by atoms with van der Waals surface area (Å²) in [5.74, 6) is -1.34. The van der Waals surface area contributed by atoms with Crippen LogP contribution in [-0.4, -0.2) is 61.2 Å². The van der Waals surface area contributed by atoms with Crippen molar-refractivity contribution in [2.75, 3.05) is 26.0 Å². The number of para-hydroxylation sites is 1. The maximum atomic E-state index is 13.2. The lowest BCUT2D eigenvalue weighted by molar-refractivity contribution is -0.137. The fourth-order valence-electron chi connectivity index (χ4n) is 3.70. The number of hydrogen-bond acceptors (Lipinski definition) is 6. The molecule has 0 bridgehead atoms. The third kappa shape index (κ3) is 4.16. The van der Waals surface area contributed by atoms with E-state index in [1.165, 1.54) is 35.3 Å². The van der Waals surface area contributed by atoms with Crippen molar-refractivity contribution in [2.24, 2.45) is 0 Å². The van der Waals surface area contributed by atoms with Gasteiger partial charge in [0.2, 0.25) is 0 Å². The summed E-state index contributed by atoms with van der Waals surface area (Å²) in [5.41, 5.74) is 1.64. The fraction of sp³-hybridized carbons (Fsp3) is 0.261. The maximum Gasteiger partial charge on any atom is 0.291 e. The van der Waals surface area contributed by atoms with Gasteiger partial charge in [-0.15, -0.1) is 0 Å². The zero-order chi connectivity index (χ0) is 22.9. The lowest BCUT2D eigenvalue weighted by Crippen LogP contribution is -2.47. The Balaban J connectivity index is 1.58. The molecule has 1 fully saturated rings. The van der Waals surface area contributed by atoms with Gasteiger partial charge in [0.1, 0.15) is 17.2 Å². The summed E-state index contributed by atoms with van der Waals surface area (Å²) in [6.07, 6.45) is 0.548. The molecule has 1 aliphatic rings. The zero-order valence-corrected chi connectivity index (χ0v) is 18.6. The minimum absolute atomic E-state index is 0.0782. The van der Waals surface area contributed by atoms with Crippen LogP contribution in [0, 0.1) is 6.92 Å². The molecule has 1 saturated heterocycles. The summed E-state index contributed by atoms with van der Waals surface area (Å²) in [6, 6.07) is 15.1. The summed E-state index contributed by atoms with van der Waals surface area (Å²) < 4.78 is 30.8. The molecule has 2 aromatic carbocycles. The number of benzene rings is 2. The molecule has 0 N–H and O–H groups in total. The number of fused-ring (bicyclic) bond motifs is 1. The Morgan fingerprint density at radius 2 is 1.72 bits per heavy atom. The quantitative estimate of drug-likeness (QED) is 0.589. The van der Waals surface area contributed by atoms with Gasteiger partial charge in [-0.1, -0.05) is 29.8 Å². The van der Waals surface area contributed by atoms with Crippen LogP contribution in [0.4, 0.5) is 0 Å². The van der Waals surface area contributed by atoms with Gasteiger partial charge in [0.25, 0.3) is 11.8 Å². The molecule has 9 heteroatoms. The van der Waals surface area contributed by atoms with E-state index in [-0.39, 0.29) is 17.1 Å². The van der Waals surface area contributed by atoms with Gasteiger partial charge in [0.05, 0.1) is 17.5 Å². The monoisotopic (exact) mass is 453 g/mol. The number of ether oxygens (including phenoxy) is 1. The van der Waals surface area contributed by atoms with Crippen LogP contribution in [0.2, 0.25) is 0 Å². The Labute approximate surface area is 186 Å². The predicted octanol–water partition coefficient (Wildman–Crippen LogP) is 2.62.